The summed E-state index contributed by atoms with van der Waals surface area (Å²) in [6.07, 6.45) is 7.70. The highest BCUT2D eigenvalue weighted by Crippen LogP contribution is 2.18. The highest BCUT2D eigenvalue weighted by molar-refractivity contribution is 8.06. The second-order valence-electron chi connectivity index (χ2n) is 5.93. The van der Waals surface area contributed by atoms with Crippen molar-refractivity contribution in [2.24, 2.45) is 0 Å². The van der Waals surface area contributed by atoms with Gasteiger partial charge < -0.3 is 10.3 Å². The Balaban J connectivity index is 1.92. The largest absolute Gasteiger partial charge is 0.387 e. The second-order valence-corrected chi connectivity index (χ2v) is 6.87. The van der Waals surface area contributed by atoms with Crippen LogP contribution in [0.1, 0.15) is 32.1 Å². The number of benzene rings is 1. The highest BCUT2D eigenvalue weighted by Gasteiger charge is 2.11. The van der Waals surface area contributed by atoms with Crippen LogP contribution in [0.3, 0.4) is 0 Å². The van der Waals surface area contributed by atoms with Crippen LogP contribution in [0.5, 0.6) is 0 Å². The third-order valence-corrected chi connectivity index (χ3v) is 5.03. The molecule has 1 heterocycles. The highest BCUT2D eigenvalue weighted by atomic mass is 32.2. The first-order valence-corrected chi connectivity index (χ1v) is 9.11. The van der Waals surface area contributed by atoms with Gasteiger partial charge in [0.15, 0.2) is 0 Å². The van der Waals surface area contributed by atoms with Gasteiger partial charge in [-0.25, -0.2) is 4.79 Å². The molecule has 1 fully saturated rings. The molecule has 0 bridgehead atoms. The van der Waals surface area contributed by atoms with Crippen molar-refractivity contribution in [2.45, 2.75) is 43.0 Å². The van der Waals surface area contributed by atoms with Crippen molar-refractivity contribution < 1.29 is 0 Å². The molecule has 1 aliphatic carbocycles. The van der Waals surface area contributed by atoms with Crippen LogP contribution in [0.25, 0.3) is 11.6 Å². The summed E-state index contributed by atoms with van der Waals surface area (Å²) >= 11 is 1.47. The lowest BCUT2D eigenvalue weighted by Crippen LogP contribution is -2.49. The average molecular weight is 343 g/mol. The maximum absolute atomic E-state index is 12.2. The maximum Gasteiger partial charge on any atom is 0.326 e. The minimum absolute atomic E-state index is 0.373. The molecule has 1 saturated carbocycles. The molecule has 1 aromatic carbocycles. The van der Waals surface area contributed by atoms with Gasteiger partial charge in [0.05, 0.1) is 10.6 Å². The first kappa shape index (κ1) is 16.6. The standard InChI is InChI=1S/C18H21N3O2S/c22-17-15(11-19-13-7-3-1-4-8-13)16(20-18(23)21-17)12-24-14-9-5-2-6-10-14/h2,5-6,9-13,19H,1,3-4,7-8H2,(H2,20,21,22,23)/b15-11-,16-12+. The van der Waals surface area contributed by atoms with Crippen molar-refractivity contribution in [1.29, 1.82) is 0 Å². The first-order valence-electron chi connectivity index (χ1n) is 8.23. The zero-order chi connectivity index (χ0) is 16.8. The lowest BCUT2D eigenvalue weighted by molar-refractivity contribution is 0.412. The van der Waals surface area contributed by atoms with Crippen LogP contribution >= 0.6 is 11.8 Å². The van der Waals surface area contributed by atoms with Crippen LogP contribution < -0.4 is 27.1 Å². The lowest BCUT2D eigenvalue weighted by Gasteiger charge is -2.21. The smallest absolute Gasteiger partial charge is 0.326 e. The molecule has 3 rings (SSSR count). The van der Waals surface area contributed by atoms with Crippen LogP contribution in [0, 0.1) is 0 Å². The summed E-state index contributed by atoms with van der Waals surface area (Å²) in [5, 5.41) is 6.14. The summed E-state index contributed by atoms with van der Waals surface area (Å²) in [5.74, 6) is 0. The Morgan fingerprint density at radius 1 is 1.04 bits per heavy atom. The predicted molar refractivity (Wildman–Crippen MR) is 98.2 cm³/mol. The average Bonchev–Trinajstić information content (AvgIpc) is 2.61. The van der Waals surface area contributed by atoms with Crippen molar-refractivity contribution >= 4 is 23.4 Å². The van der Waals surface area contributed by atoms with Gasteiger partial charge in [0.25, 0.3) is 5.56 Å². The maximum atomic E-state index is 12.2. The molecule has 126 valence electrons. The number of rotatable bonds is 4. The molecule has 0 unspecified atom stereocenters. The van der Waals surface area contributed by atoms with E-state index in [1.54, 1.807) is 11.6 Å². The molecule has 2 aromatic rings. The third kappa shape index (κ3) is 4.41. The van der Waals surface area contributed by atoms with E-state index in [0.717, 1.165) is 17.7 Å². The van der Waals surface area contributed by atoms with E-state index in [0.29, 0.717) is 16.6 Å². The zero-order valence-electron chi connectivity index (χ0n) is 13.4. The van der Waals surface area contributed by atoms with Gasteiger partial charge >= 0.3 is 5.69 Å². The summed E-state index contributed by atoms with van der Waals surface area (Å²) in [4.78, 5) is 29.8. The fourth-order valence-electron chi connectivity index (χ4n) is 2.85. The summed E-state index contributed by atoms with van der Waals surface area (Å²) in [6.45, 7) is 0. The van der Waals surface area contributed by atoms with E-state index in [2.05, 4.69) is 15.3 Å². The molecule has 3 N–H and O–H groups in total. The van der Waals surface area contributed by atoms with Gasteiger partial charge in [0.1, 0.15) is 0 Å². The number of nitrogens with one attached hydrogen (secondary N) is 3. The van der Waals surface area contributed by atoms with Crippen molar-refractivity contribution in [2.75, 3.05) is 0 Å². The van der Waals surface area contributed by atoms with Gasteiger partial charge in [-0.2, -0.15) is 0 Å². The number of thioether (sulfide) groups is 1. The summed E-state index contributed by atoms with van der Waals surface area (Å²) in [7, 11) is 0. The minimum Gasteiger partial charge on any atom is -0.387 e. The Labute approximate surface area is 143 Å². The SMILES string of the molecule is O=c1[nH]c(=O)c(=C\NC2CCCCC2)/c(=C\Sc2ccccc2)[nH]1. The molecule has 0 radical (unpaired) electrons. The summed E-state index contributed by atoms with van der Waals surface area (Å²) in [5.41, 5.74) is -0.864. The number of hydrogen-bond acceptors (Lipinski definition) is 4. The van der Waals surface area contributed by atoms with Crippen LogP contribution in [0.4, 0.5) is 0 Å². The summed E-state index contributed by atoms with van der Waals surface area (Å²) < 4.78 is 0. The molecule has 1 aromatic heterocycles. The minimum atomic E-state index is -0.491. The van der Waals surface area contributed by atoms with E-state index in [1.807, 2.05) is 30.3 Å². The van der Waals surface area contributed by atoms with Gasteiger partial charge in [-0.05, 0) is 25.0 Å². The molecule has 0 saturated heterocycles. The molecule has 0 aliphatic heterocycles. The Bertz CT molecular complexity index is 896. The van der Waals surface area contributed by atoms with Crippen LogP contribution in [-0.4, -0.2) is 16.0 Å². The molecule has 24 heavy (non-hydrogen) atoms. The van der Waals surface area contributed by atoms with E-state index < -0.39 is 5.69 Å². The fourth-order valence-corrected chi connectivity index (χ4v) is 3.60. The Morgan fingerprint density at radius 2 is 1.79 bits per heavy atom. The number of H-pyrrole nitrogens is 2. The molecule has 0 atom stereocenters. The van der Waals surface area contributed by atoms with Crippen LogP contribution in [0.2, 0.25) is 0 Å². The lowest BCUT2D eigenvalue weighted by atomic mass is 9.96. The van der Waals surface area contributed by atoms with Gasteiger partial charge in [-0.3, -0.25) is 9.78 Å². The van der Waals surface area contributed by atoms with Gasteiger partial charge in [-0.1, -0.05) is 49.2 Å². The monoisotopic (exact) mass is 343 g/mol. The molecular formula is C18H21N3O2S. The molecule has 5 nitrogen and oxygen atoms in total. The van der Waals surface area contributed by atoms with Crippen LogP contribution in [-0.2, 0) is 0 Å². The van der Waals surface area contributed by atoms with E-state index >= 15 is 0 Å². The molecule has 0 amide bonds. The fraction of sp³-hybridized carbons (Fsp3) is 0.333. The quantitative estimate of drug-likeness (QED) is 0.730. The van der Waals surface area contributed by atoms with E-state index in [-0.39, 0.29) is 5.56 Å². The second kappa shape index (κ2) is 8.06. The first-order chi connectivity index (χ1) is 11.7. The number of aromatic nitrogens is 2. The van der Waals surface area contributed by atoms with Crippen molar-refractivity contribution in [3.05, 3.63) is 61.7 Å². The Hall–Kier alpha value is -2.21. The van der Waals surface area contributed by atoms with E-state index in [4.69, 9.17) is 0 Å². The topological polar surface area (TPSA) is 77.8 Å². The van der Waals surface area contributed by atoms with E-state index in [9.17, 15) is 9.59 Å². The molecular weight excluding hydrogens is 322 g/mol. The zero-order valence-corrected chi connectivity index (χ0v) is 14.2. The molecule has 6 heteroatoms. The van der Waals surface area contributed by atoms with Gasteiger partial charge in [-0.15, -0.1) is 0 Å². The Morgan fingerprint density at radius 3 is 2.54 bits per heavy atom. The van der Waals surface area contributed by atoms with Gasteiger partial charge in [0, 0.05) is 22.5 Å². The normalized spacial score (nSPS) is 17.2. The molecule has 0 spiro atoms. The summed E-state index contributed by atoms with van der Waals surface area (Å²) in [6, 6.07) is 10.2. The van der Waals surface area contributed by atoms with Crippen molar-refractivity contribution in [3.63, 3.8) is 0 Å². The van der Waals surface area contributed by atoms with Gasteiger partial charge in [0.2, 0.25) is 0 Å². The third-order valence-electron chi connectivity index (χ3n) is 4.13. The van der Waals surface area contributed by atoms with E-state index in [1.165, 1.54) is 31.0 Å². The Kier molecular flexibility index (Phi) is 5.59. The number of aromatic amines is 2. The van der Waals surface area contributed by atoms with Crippen molar-refractivity contribution in [3.8, 4) is 0 Å². The molecule has 1 aliphatic rings. The predicted octanol–water partition coefficient (Wildman–Crippen LogP) is 1.25. The van der Waals surface area contributed by atoms with Crippen molar-refractivity contribution in [1.82, 2.24) is 15.3 Å². The number of hydrogen-bond donors (Lipinski definition) is 3. The van der Waals surface area contributed by atoms with Crippen LogP contribution in [0.15, 0.2) is 44.8 Å².